The van der Waals surface area contributed by atoms with E-state index in [1.165, 1.54) is 55.8 Å². The molecule has 0 unspecified atom stereocenters. The summed E-state index contributed by atoms with van der Waals surface area (Å²) < 4.78 is 16.5. The molecular formula is C24H17ClN4O8. The summed E-state index contributed by atoms with van der Waals surface area (Å²) in [5.41, 5.74) is 3.49. The van der Waals surface area contributed by atoms with Crippen molar-refractivity contribution in [1.82, 2.24) is 5.43 Å². The largest absolute Gasteiger partial charge is 0.493 e. The third kappa shape index (κ3) is 5.82. The SMILES string of the molecule is COc1cc(/C=N/NC(=O)c2cc3cc([N+](=O)[O-])ccc3o2)cc(Cl)c1OCc1cccc([N+](=O)[O-])c1. The number of fused-ring (bicyclic) bond motifs is 1. The Labute approximate surface area is 213 Å². The number of methoxy groups -OCH3 is 1. The smallest absolute Gasteiger partial charge is 0.307 e. The van der Waals surface area contributed by atoms with E-state index in [0.29, 0.717) is 22.1 Å². The van der Waals surface area contributed by atoms with Gasteiger partial charge in [0.1, 0.15) is 12.2 Å². The first-order valence-electron chi connectivity index (χ1n) is 10.5. The van der Waals surface area contributed by atoms with E-state index in [-0.39, 0.29) is 40.3 Å². The zero-order valence-corrected chi connectivity index (χ0v) is 19.8. The maximum atomic E-state index is 12.4. The van der Waals surface area contributed by atoms with Gasteiger partial charge in [-0.2, -0.15) is 5.10 Å². The monoisotopic (exact) mass is 524 g/mol. The summed E-state index contributed by atoms with van der Waals surface area (Å²) in [4.78, 5) is 33.2. The van der Waals surface area contributed by atoms with E-state index < -0.39 is 15.8 Å². The highest BCUT2D eigenvalue weighted by Gasteiger charge is 2.16. The summed E-state index contributed by atoms with van der Waals surface area (Å²) in [6.07, 6.45) is 1.32. The lowest BCUT2D eigenvalue weighted by Gasteiger charge is -2.13. The molecule has 13 heteroatoms. The second-order valence-electron chi connectivity index (χ2n) is 7.54. The van der Waals surface area contributed by atoms with E-state index in [1.54, 1.807) is 18.2 Å². The number of ether oxygens (including phenoxy) is 2. The van der Waals surface area contributed by atoms with Crippen molar-refractivity contribution < 1.29 is 28.5 Å². The van der Waals surface area contributed by atoms with Crippen molar-refractivity contribution in [1.29, 1.82) is 0 Å². The number of benzene rings is 3. The van der Waals surface area contributed by atoms with Crippen molar-refractivity contribution in [3.63, 3.8) is 0 Å². The molecule has 0 saturated heterocycles. The number of nitro groups is 2. The molecule has 188 valence electrons. The van der Waals surface area contributed by atoms with E-state index in [9.17, 15) is 25.0 Å². The highest BCUT2D eigenvalue weighted by molar-refractivity contribution is 6.32. The number of rotatable bonds is 9. The van der Waals surface area contributed by atoms with Gasteiger partial charge in [0.25, 0.3) is 11.4 Å². The summed E-state index contributed by atoms with van der Waals surface area (Å²) in [5.74, 6) is -0.226. The molecule has 0 bridgehead atoms. The Morgan fingerprint density at radius 3 is 2.57 bits per heavy atom. The average Bonchev–Trinajstić information content (AvgIpc) is 3.31. The van der Waals surface area contributed by atoms with Crippen LogP contribution in [0.15, 0.2) is 70.2 Å². The fraction of sp³-hybridized carbons (Fsp3) is 0.0833. The Balaban J connectivity index is 1.44. The van der Waals surface area contributed by atoms with E-state index in [2.05, 4.69) is 10.5 Å². The van der Waals surface area contributed by atoms with Gasteiger partial charge in [-0.15, -0.1) is 0 Å². The lowest BCUT2D eigenvalue weighted by atomic mass is 10.2. The lowest BCUT2D eigenvalue weighted by molar-refractivity contribution is -0.385. The minimum absolute atomic E-state index is 0.0158. The van der Waals surface area contributed by atoms with Crippen LogP contribution in [0.4, 0.5) is 11.4 Å². The van der Waals surface area contributed by atoms with Gasteiger partial charge in [0.15, 0.2) is 17.3 Å². The summed E-state index contributed by atoms with van der Waals surface area (Å²) in [6.45, 7) is 0.0158. The van der Waals surface area contributed by atoms with Gasteiger partial charge in [-0.25, -0.2) is 5.43 Å². The van der Waals surface area contributed by atoms with Gasteiger partial charge < -0.3 is 13.9 Å². The number of hydrazone groups is 1. The topological polar surface area (TPSA) is 159 Å². The molecule has 0 aliphatic carbocycles. The number of amides is 1. The van der Waals surface area contributed by atoms with Crippen LogP contribution in [-0.2, 0) is 6.61 Å². The fourth-order valence-electron chi connectivity index (χ4n) is 3.35. The van der Waals surface area contributed by atoms with Crippen molar-refractivity contribution in [2.24, 2.45) is 5.10 Å². The first-order valence-corrected chi connectivity index (χ1v) is 10.9. The van der Waals surface area contributed by atoms with E-state index in [0.717, 1.165) is 0 Å². The number of nitrogens with one attached hydrogen (secondary N) is 1. The molecular weight excluding hydrogens is 508 g/mol. The number of halogens is 1. The van der Waals surface area contributed by atoms with Crippen molar-refractivity contribution in [3.8, 4) is 11.5 Å². The van der Waals surface area contributed by atoms with Crippen LogP contribution in [0.5, 0.6) is 11.5 Å². The Kier molecular flexibility index (Phi) is 7.30. The summed E-state index contributed by atoms with van der Waals surface area (Å²) in [7, 11) is 1.42. The van der Waals surface area contributed by atoms with Gasteiger partial charge in [-0.3, -0.25) is 25.0 Å². The van der Waals surface area contributed by atoms with Crippen LogP contribution in [0.1, 0.15) is 21.7 Å². The molecule has 1 aromatic heterocycles. The standard InChI is InChI=1S/C24H17ClN4O8/c1-35-21-9-15(8-19(25)23(21)36-13-14-3-2-4-17(7-14)28(31)32)12-26-27-24(30)22-11-16-10-18(29(33)34)5-6-20(16)37-22/h2-12H,13H2,1H3,(H,27,30)/b26-12+. The molecule has 4 rings (SSSR count). The normalized spacial score (nSPS) is 11.0. The number of hydrogen-bond donors (Lipinski definition) is 1. The molecule has 1 N–H and O–H groups in total. The fourth-order valence-corrected chi connectivity index (χ4v) is 3.62. The second-order valence-corrected chi connectivity index (χ2v) is 7.95. The predicted molar refractivity (Wildman–Crippen MR) is 133 cm³/mol. The minimum atomic E-state index is -0.662. The van der Waals surface area contributed by atoms with Gasteiger partial charge >= 0.3 is 5.91 Å². The molecule has 37 heavy (non-hydrogen) atoms. The number of non-ortho nitro benzene ring substituents is 2. The number of furan rings is 1. The van der Waals surface area contributed by atoms with Crippen molar-refractivity contribution in [3.05, 3.63) is 103 Å². The third-order valence-electron chi connectivity index (χ3n) is 5.07. The molecule has 12 nitrogen and oxygen atoms in total. The molecule has 4 aromatic rings. The maximum Gasteiger partial charge on any atom is 0.307 e. The molecule has 0 aliphatic rings. The summed E-state index contributed by atoms with van der Waals surface area (Å²) in [6, 6.07) is 14.5. The summed E-state index contributed by atoms with van der Waals surface area (Å²) in [5, 5.41) is 26.4. The maximum absolute atomic E-state index is 12.4. The van der Waals surface area contributed by atoms with Crippen molar-refractivity contribution in [2.75, 3.05) is 7.11 Å². The molecule has 0 atom stereocenters. The van der Waals surface area contributed by atoms with E-state index in [1.807, 2.05) is 0 Å². The highest BCUT2D eigenvalue weighted by Crippen LogP contribution is 2.36. The van der Waals surface area contributed by atoms with Gasteiger partial charge in [0.05, 0.1) is 28.2 Å². The second kappa shape index (κ2) is 10.7. The van der Waals surface area contributed by atoms with Crippen molar-refractivity contribution in [2.45, 2.75) is 6.61 Å². The molecule has 1 heterocycles. The lowest BCUT2D eigenvalue weighted by Crippen LogP contribution is -2.16. The first-order chi connectivity index (χ1) is 17.7. The number of nitrogens with zero attached hydrogens (tertiary/aromatic N) is 3. The molecule has 0 saturated carbocycles. The Bertz CT molecular complexity index is 1550. The Hall–Kier alpha value is -4.97. The van der Waals surface area contributed by atoms with Gasteiger partial charge in [0.2, 0.25) is 0 Å². The minimum Gasteiger partial charge on any atom is -0.493 e. The quantitative estimate of drug-likeness (QED) is 0.176. The van der Waals surface area contributed by atoms with Crippen LogP contribution in [0.2, 0.25) is 5.02 Å². The molecule has 0 aliphatic heterocycles. The van der Waals surface area contributed by atoms with Gasteiger partial charge in [-0.1, -0.05) is 23.7 Å². The third-order valence-corrected chi connectivity index (χ3v) is 5.35. The zero-order valence-electron chi connectivity index (χ0n) is 19.0. The number of hydrogen-bond acceptors (Lipinski definition) is 9. The molecule has 0 spiro atoms. The molecule has 0 fully saturated rings. The first kappa shape index (κ1) is 25.1. The Morgan fingerprint density at radius 2 is 1.84 bits per heavy atom. The number of nitro benzene ring substituents is 2. The molecule has 3 aromatic carbocycles. The zero-order chi connectivity index (χ0) is 26.5. The molecule has 0 radical (unpaired) electrons. The highest BCUT2D eigenvalue weighted by atomic mass is 35.5. The van der Waals surface area contributed by atoms with Crippen molar-refractivity contribution >= 4 is 46.1 Å². The number of carbonyl (C=O) groups is 1. The average molecular weight is 525 g/mol. The van der Waals surface area contributed by atoms with Crippen LogP contribution in [0, 0.1) is 20.2 Å². The van der Waals surface area contributed by atoms with E-state index >= 15 is 0 Å². The van der Waals surface area contributed by atoms with Gasteiger partial charge in [0, 0.05) is 29.7 Å². The van der Waals surface area contributed by atoms with Crippen LogP contribution < -0.4 is 14.9 Å². The summed E-state index contributed by atoms with van der Waals surface area (Å²) >= 11 is 6.35. The predicted octanol–water partition coefficient (Wildman–Crippen LogP) is 5.25. The Morgan fingerprint density at radius 1 is 1.08 bits per heavy atom. The van der Waals surface area contributed by atoms with Crippen LogP contribution in [0.25, 0.3) is 11.0 Å². The van der Waals surface area contributed by atoms with Crippen LogP contribution >= 0.6 is 11.6 Å². The van der Waals surface area contributed by atoms with Crippen LogP contribution in [-0.4, -0.2) is 29.1 Å². The molecule has 1 amide bonds. The van der Waals surface area contributed by atoms with Crippen LogP contribution in [0.3, 0.4) is 0 Å². The van der Waals surface area contributed by atoms with Gasteiger partial charge in [-0.05, 0) is 35.4 Å². The number of carbonyl (C=O) groups excluding carboxylic acids is 1. The van der Waals surface area contributed by atoms with E-state index in [4.69, 9.17) is 25.5 Å².